The van der Waals surface area contributed by atoms with Crippen molar-refractivity contribution in [3.05, 3.63) is 35.4 Å². The molecule has 0 amide bonds. The minimum absolute atomic E-state index is 0.653. The highest BCUT2D eigenvalue weighted by Crippen LogP contribution is 2.38. The van der Waals surface area contributed by atoms with Crippen LogP contribution in [0.25, 0.3) is 0 Å². The van der Waals surface area contributed by atoms with Gasteiger partial charge in [0, 0.05) is 12.0 Å². The molecule has 0 saturated heterocycles. The van der Waals surface area contributed by atoms with Crippen molar-refractivity contribution in [3.63, 3.8) is 0 Å². The average molecular weight is 203 g/mol. The predicted molar refractivity (Wildman–Crippen MR) is 65.2 cm³/mol. The number of rotatable bonds is 4. The van der Waals surface area contributed by atoms with Gasteiger partial charge in [-0.1, -0.05) is 38.1 Å². The van der Waals surface area contributed by atoms with Gasteiger partial charge in [0.1, 0.15) is 0 Å². The van der Waals surface area contributed by atoms with Crippen molar-refractivity contribution in [2.75, 3.05) is 7.05 Å². The third kappa shape index (κ3) is 2.07. The first-order chi connectivity index (χ1) is 7.22. The van der Waals surface area contributed by atoms with Crippen molar-refractivity contribution in [3.8, 4) is 0 Å². The Kier molecular flexibility index (Phi) is 3.11. The van der Waals surface area contributed by atoms with Gasteiger partial charge in [-0.15, -0.1) is 0 Å². The molecule has 0 radical (unpaired) electrons. The highest BCUT2D eigenvalue weighted by Gasteiger charge is 2.31. The fourth-order valence-corrected chi connectivity index (χ4v) is 2.65. The van der Waals surface area contributed by atoms with Gasteiger partial charge in [-0.05, 0) is 36.9 Å². The van der Waals surface area contributed by atoms with E-state index in [1.807, 2.05) is 0 Å². The van der Waals surface area contributed by atoms with E-state index in [2.05, 4.69) is 50.5 Å². The molecule has 15 heavy (non-hydrogen) atoms. The number of fused-ring (bicyclic) bond motifs is 1. The van der Waals surface area contributed by atoms with Crippen LogP contribution in [0, 0.1) is 5.92 Å². The maximum absolute atomic E-state index is 3.48. The molecule has 0 bridgehead atoms. The minimum atomic E-state index is 0.653. The SMILES string of the molecule is CNC(CC(C)C)C1Cc2ccccc21. The van der Waals surface area contributed by atoms with E-state index in [9.17, 15) is 0 Å². The number of likely N-dealkylation sites (N-methyl/N-ethyl adjacent to an activating group) is 1. The minimum Gasteiger partial charge on any atom is -0.316 e. The van der Waals surface area contributed by atoms with E-state index >= 15 is 0 Å². The molecule has 1 aliphatic carbocycles. The number of benzene rings is 1. The molecule has 0 fully saturated rings. The number of hydrogen-bond acceptors (Lipinski definition) is 1. The van der Waals surface area contributed by atoms with E-state index in [-0.39, 0.29) is 0 Å². The van der Waals surface area contributed by atoms with Crippen LogP contribution in [0.2, 0.25) is 0 Å². The molecule has 1 aromatic carbocycles. The summed E-state index contributed by atoms with van der Waals surface area (Å²) in [5.41, 5.74) is 3.11. The molecule has 0 heterocycles. The Bertz CT molecular complexity index is 330. The molecule has 2 atom stereocenters. The number of nitrogens with one attached hydrogen (secondary N) is 1. The topological polar surface area (TPSA) is 12.0 Å². The van der Waals surface area contributed by atoms with Crippen molar-refractivity contribution in [1.82, 2.24) is 5.32 Å². The molecule has 0 spiro atoms. The van der Waals surface area contributed by atoms with Crippen LogP contribution in [-0.2, 0) is 6.42 Å². The van der Waals surface area contributed by atoms with E-state index < -0.39 is 0 Å². The molecule has 0 aliphatic heterocycles. The molecule has 0 saturated carbocycles. The summed E-state index contributed by atoms with van der Waals surface area (Å²) in [6, 6.07) is 9.50. The van der Waals surface area contributed by atoms with E-state index in [1.54, 1.807) is 11.1 Å². The second-order valence-corrected chi connectivity index (χ2v) is 5.03. The quantitative estimate of drug-likeness (QED) is 0.793. The van der Waals surface area contributed by atoms with E-state index in [4.69, 9.17) is 0 Å². The maximum Gasteiger partial charge on any atom is 0.0138 e. The molecule has 1 aromatic rings. The number of hydrogen-bond donors (Lipinski definition) is 1. The highest BCUT2D eigenvalue weighted by molar-refractivity contribution is 5.41. The van der Waals surface area contributed by atoms with Gasteiger partial charge in [0.2, 0.25) is 0 Å². The lowest BCUT2D eigenvalue weighted by molar-refractivity contribution is 0.360. The van der Waals surface area contributed by atoms with Crippen molar-refractivity contribution >= 4 is 0 Å². The largest absolute Gasteiger partial charge is 0.316 e. The zero-order valence-electron chi connectivity index (χ0n) is 9.96. The molecular formula is C14H21N. The molecule has 2 unspecified atom stereocenters. The lowest BCUT2D eigenvalue weighted by atomic mass is 9.72. The van der Waals surface area contributed by atoms with Crippen LogP contribution < -0.4 is 5.32 Å². The molecule has 1 heteroatoms. The Hall–Kier alpha value is -0.820. The van der Waals surface area contributed by atoms with Crippen LogP contribution in [0.3, 0.4) is 0 Å². The smallest absolute Gasteiger partial charge is 0.0138 e. The molecule has 1 N–H and O–H groups in total. The average Bonchev–Trinajstić information content (AvgIpc) is 2.17. The molecule has 0 aromatic heterocycles. The van der Waals surface area contributed by atoms with Gasteiger partial charge in [0.05, 0.1) is 0 Å². The van der Waals surface area contributed by atoms with Gasteiger partial charge in [-0.3, -0.25) is 0 Å². The molecular weight excluding hydrogens is 182 g/mol. The van der Waals surface area contributed by atoms with E-state index in [0.29, 0.717) is 6.04 Å². The fourth-order valence-electron chi connectivity index (χ4n) is 2.65. The van der Waals surface area contributed by atoms with E-state index in [1.165, 1.54) is 12.8 Å². The summed E-state index contributed by atoms with van der Waals surface area (Å²) in [7, 11) is 2.09. The van der Waals surface area contributed by atoms with Crippen LogP contribution in [0.5, 0.6) is 0 Å². The lowest BCUT2D eigenvalue weighted by Crippen LogP contribution is -2.38. The van der Waals surface area contributed by atoms with Crippen molar-refractivity contribution in [2.24, 2.45) is 5.92 Å². The summed E-state index contributed by atoms with van der Waals surface area (Å²) >= 11 is 0. The normalized spacial score (nSPS) is 20.9. The second kappa shape index (κ2) is 4.36. The first kappa shape index (κ1) is 10.7. The van der Waals surface area contributed by atoms with Crippen LogP contribution in [-0.4, -0.2) is 13.1 Å². The Morgan fingerprint density at radius 2 is 2.07 bits per heavy atom. The summed E-state index contributed by atoms with van der Waals surface area (Å²) in [5.74, 6) is 1.52. The third-order valence-electron chi connectivity index (χ3n) is 3.48. The Morgan fingerprint density at radius 3 is 2.67 bits per heavy atom. The van der Waals surface area contributed by atoms with Gasteiger partial charge in [0.25, 0.3) is 0 Å². The summed E-state index contributed by atoms with van der Waals surface area (Å²) in [5, 5.41) is 3.48. The first-order valence-corrected chi connectivity index (χ1v) is 5.97. The third-order valence-corrected chi connectivity index (χ3v) is 3.48. The summed E-state index contributed by atoms with van der Waals surface area (Å²) in [6.07, 6.45) is 2.53. The van der Waals surface area contributed by atoms with Gasteiger partial charge < -0.3 is 5.32 Å². The second-order valence-electron chi connectivity index (χ2n) is 5.03. The van der Waals surface area contributed by atoms with Crippen LogP contribution in [0.4, 0.5) is 0 Å². The van der Waals surface area contributed by atoms with Crippen molar-refractivity contribution in [2.45, 2.75) is 38.6 Å². The van der Waals surface area contributed by atoms with Crippen LogP contribution in [0.1, 0.15) is 37.3 Å². The molecule has 1 nitrogen and oxygen atoms in total. The lowest BCUT2D eigenvalue weighted by Gasteiger charge is -2.37. The molecule has 82 valence electrons. The van der Waals surface area contributed by atoms with Crippen LogP contribution in [0.15, 0.2) is 24.3 Å². The summed E-state index contributed by atoms with van der Waals surface area (Å²) in [6.45, 7) is 4.60. The monoisotopic (exact) mass is 203 g/mol. The molecule has 1 aliphatic rings. The zero-order valence-corrected chi connectivity index (χ0v) is 9.96. The van der Waals surface area contributed by atoms with Gasteiger partial charge in [0.15, 0.2) is 0 Å². The summed E-state index contributed by atoms with van der Waals surface area (Å²) in [4.78, 5) is 0. The van der Waals surface area contributed by atoms with E-state index in [0.717, 1.165) is 11.8 Å². The van der Waals surface area contributed by atoms with Gasteiger partial charge in [-0.25, -0.2) is 0 Å². The Morgan fingerprint density at radius 1 is 1.33 bits per heavy atom. The standard InChI is InChI=1S/C14H21N/c1-10(2)8-14(15-3)13-9-11-6-4-5-7-12(11)13/h4-7,10,13-15H,8-9H2,1-3H3. The summed E-state index contributed by atoms with van der Waals surface area (Å²) < 4.78 is 0. The van der Waals surface area contributed by atoms with Crippen molar-refractivity contribution < 1.29 is 0 Å². The maximum atomic E-state index is 3.48. The predicted octanol–water partition coefficient (Wildman–Crippen LogP) is 2.96. The Balaban J connectivity index is 2.07. The highest BCUT2D eigenvalue weighted by atomic mass is 14.9. The zero-order chi connectivity index (χ0) is 10.8. The van der Waals surface area contributed by atoms with Crippen molar-refractivity contribution in [1.29, 1.82) is 0 Å². The first-order valence-electron chi connectivity index (χ1n) is 5.97. The van der Waals surface area contributed by atoms with Gasteiger partial charge >= 0.3 is 0 Å². The fraction of sp³-hybridized carbons (Fsp3) is 0.571. The molecule has 2 rings (SSSR count). The van der Waals surface area contributed by atoms with Crippen LogP contribution >= 0.6 is 0 Å². The van der Waals surface area contributed by atoms with Gasteiger partial charge in [-0.2, -0.15) is 0 Å². The Labute approximate surface area is 92.9 Å².